The predicted octanol–water partition coefficient (Wildman–Crippen LogP) is 2.27. The van der Waals surface area contributed by atoms with E-state index in [9.17, 15) is 14.4 Å². The highest BCUT2D eigenvalue weighted by Crippen LogP contribution is 2.35. The summed E-state index contributed by atoms with van der Waals surface area (Å²) in [6.07, 6.45) is 3.03. The van der Waals surface area contributed by atoms with Crippen LogP contribution >= 0.6 is 11.6 Å². The Labute approximate surface area is 245 Å². The lowest BCUT2D eigenvalue weighted by molar-refractivity contribution is -0.129. The maximum atomic E-state index is 12.2. The average molecular weight is 587 g/mol. The van der Waals surface area contributed by atoms with E-state index >= 15 is 0 Å². The first-order chi connectivity index (χ1) is 19.7. The number of piperidine rings is 1. The highest BCUT2D eigenvalue weighted by Gasteiger charge is 2.31. The molecule has 3 N–H and O–H groups in total. The van der Waals surface area contributed by atoms with Crippen LogP contribution in [0.15, 0.2) is 24.4 Å². The van der Waals surface area contributed by atoms with Gasteiger partial charge in [0.25, 0.3) is 0 Å². The molecule has 1 aromatic heterocycles. The fourth-order valence-electron chi connectivity index (χ4n) is 5.54. The molecule has 2 aromatic rings. The fraction of sp³-hybridized carbons (Fsp3) is 0.536. The van der Waals surface area contributed by atoms with E-state index < -0.39 is 0 Å². The van der Waals surface area contributed by atoms with Crippen molar-refractivity contribution < 1.29 is 19.1 Å². The molecule has 12 nitrogen and oxygen atoms in total. The van der Waals surface area contributed by atoms with Crippen molar-refractivity contribution in [1.82, 2.24) is 25.5 Å². The minimum Gasteiger partial charge on any atom is -0.494 e. The van der Waals surface area contributed by atoms with Gasteiger partial charge in [0.2, 0.25) is 23.7 Å². The van der Waals surface area contributed by atoms with Gasteiger partial charge in [-0.2, -0.15) is 4.98 Å². The molecule has 13 heteroatoms. The first kappa shape index (κ1) is 30.2. The predicted molar refractivity (Wildman–Crippen MR) is 159 cm³/mol. The number of anilines is 4. The third-order valence-corrected chi connectivity index (χ3v) is 7.94. The molecule has 0 saturated carbocycles. The molecule has 4 rings (SSSR count). The van der Waals surface area contributed by atoms with Crippen molar-refractivity contribution in [2.75, 3.05) is 75.6 Å². The molecule has 0 aliphatic carbocycles. The van der Waals surface area contributed by atoms with Gasteiger partial charge in [-0.05, 0) is 30.4 Å². The summed E-state index contributed by atoms with van der Waals surface area (Å²) in [5.74, 6) is 1.64. The van der Waals surface area contributed by atoms with E-state index in [2.05, 4.69) is 25.8 Å². The molecule has 1 aromatic carbocycles. The van der Waals surface area contributed by atoms with E-state index in [1.54, 1.807) is 34.3 Å². The van der Waals surface area contributed by atoms with Crippen LogP contribution in [0.3, 0.4) is 0 Å². The molecule has 2 fully saturated rings. The number of carbonyl (C=O) groups excluding carboxylic acids is 3. The van der Waals surface area contributed by atoms with Gasteiger partial charge in [0.05, 0.1) is 19.0 Å². The van der Waals surface area contributed by atoms with Crippen LogP contribution in [0, 0.1) is 11.8 Å². The number of nitrogens with zero attached hydrogens (tertiary/aromatic N) is 5. The fourth-order valence-corrected chi connectivity index (χ4v) is 5.75. The van der Waals surface area contributed by atoms with Gasteiger partial charge in [-0.1, -0.05) is 11.6 Å². The lowest BCUT2D eigenvalue weighted by Crippen LogP contribution is -2.48. The van der Waals surface area contributed by atoms with E-state index in [4.69, 9.17) is 21.3 Å². The summed E-state index contributed by atoms with van der Waals surface area (Å²) in [5.41, 5.74) is 1.70. The molecule has 0 spiro atoms. The van der Waals surface area contributed by atoms with Gasteiger partial charge in [0, 0.05) is 84.9 Å². The van der Waals surface area contributed by atoms with Crippen LogP contribution in [0.4, 0.5) is 23.1 Å². The highest BCUT2D eigenvalue weighted by molar-refractivity contribution is 6.32. The van der Waals surface area contributed by atoms with Crippen molar-refractivity contribution in [2.45, 2.75) is 26.2 Å². The number of hydrogen-bond donors (Lipinski definition) is 3. The van der Waals surface area contributed by atoms with E-state index in [1.165, 1.54) is 0 Å². The zero-order chi connectivity index (χ0) is 29.5. The summed E-state index contributed by atoms with van der Waals surface area (Å²) in [7, 11) is 4.86. The second-order valence-corrected chi connectivity index (χ2v) is 10.9. The second-order valence-electron chi connectivity index (χ2n) is 10.5. The summed E-state index contributed by atoms with van der Waals surface area (Å²) in [5, 5.41) is 9.03. The van der Waals surface area contributed by atoms with Gasteiger partial charge in [0.1, 0.15) is 10.8 Å². The summed E-state index contributed by atoms with van der Waals surface area (Å²) < 4.78 is 5.68. The Morgan fingerprint density at radius 2 is 1.63 bits per heavy atom. The Balaban J connectivity index is 1.52. The quantitative estimate of drug-likeness (QED) is 0.405. The third kappa shape index (κ3) is 7.69. The maximum Gasteiger partial charge on any atom is 0.229 e. The largest absolute Gasteiger partial charge is 0.494 e. The number of methoxy groups -OCH3 is 1. The number of halogens is 1. The van der Waals surface area contributed by atoms with Crippen LogP contribution in [-0.2, 0) is 14.4 Å². The normalized spacial score (nSPS) is 19.0. The molecule has 0 bridgehead atoms. The van der Waals surface area contributed by atoms with Gasteiger partial charge in [-0.25, -0.2) is 4.98 Å². The number of rotatable bonds is 9. The van der Waals surface area contributed by atoms with Crippen molar-refractivity contribution >= 4 is 52.5 Å². The molecule has 2 atom stereocenters. The van der Waals surface area contributed by atoms with Gasteiger partial charge < -0.3 is 35.4 Å². The monoisotopic (exact) mass is 586 g/mol. The number of carbonyl (C=O) groups is 3. The van der Waals surface area contributed by atoms with Crippen LogP contribution in [0.2, 0.25) is 5.02 Å². The lowest BCUT2D eigenvalue weighted by atomic mass is 9.85. The van der Waals surface area contributed by atoms with E-state index in [0.717, 1.165) is 25.2 Å². The summed E-state index contributed by atoms with van der Waals surface area (Å²) in [4.78, 5) is 51.2. The van der Waals surface area contributed by atoms with Crippen LogP contribution in [0.1, 0.15) is 26.2 Å². The van der Waals surface area contributed by atoms with Gasteiger partial charge in [0.15, 0.2) is 5.82 Å². The number of aromatic nitrogens is 2. The molecular weight excluding hydrogens is 548 g/mol. The number of piperazine rings is 1. The molecular formula is C28H39ClN8O4. The number of benzene rings is 1. The van der Waals surface area contributed by atoms with Gasteiger partial charge >= 0.3 is 0 Å². The zero-order valence-corrected chi connectivity index (χ0v) is 24.8. The van der Waals surface area contributed by atoms with Crippen molar-refractivity contribution in [1.29, 1.82) is 0 Å². The summed E-state index contributed by atoms with van der Waals surface area (Å²) in [6, 6.07) is 5.88. The summed E-state index contributed by atoms with van der Waals surface area (Å²) in [6.45, 7) is 5.63. The van der Waals surface area contributed by atoms with E-state index in [0.29, 0.717) is 67.2 Å². The second kappa shape index (κ2) is 13.7. The minimum atomic E-state index is -0.0389. The Bertz CT molecular complexity index is 1230. The molecule has 222 valence electrons. The van der Waals surface area contributed by atoms with E-state index in [1.807, 2.05) is 28.0 Å². The Morgan fingerprint density at radius 1 is 1.00 bits per heavy atom. The van der Waals surface area contributed by atoms with Crippen LogP contribution in [-0.4, -0.2) is 93.1 Å². The molecule has 2 saturated heterocycles. The SMILES string of the molecule is CNC(=O)C[C@@H]1C[C@H](CC(=O)NC)CN(c2nc(Nc3ccc(N4CCN(C(C)=O)CC4)cc3OC)ncc2Cl)C1. The van der Waals surface area contributed by atoms with E-state index in [-0.39, 0.29) is 29.6 Å². The van der Waals surface area contributed by atoms with Crippen LogP contribution in [0.5, 0.6) is 5.75 Å². The zero-order valence-electron chi connectivity index (χ0n) is 24.1. The van der Waals surface area contributed by atoms with Crippen molar-refractivity contribution in [2.24, 2.45) is 11.8 Å². The highest BCUT2D eigenvalue weighted by atomic mass is 35.5. The first-order valence-electron chi connectivity index (χ1n) is 13.8. The first-order valence-corrected chi connectivity index (χ1v) is 14.2. The van der Waals surface area contributed by atoms with Crippen molar-refractivity contribution in [3.8, 4) is 5.75 Å². The number of amides is 3. The number of nitrogens with one attached hydrogen (secondary N) is 3. The molecule has 0 radical (unpaired) electrons. The Kier molecular flexibility index (Phi) is 10.1. The molecule has 2 aliphatic heterocycles. The maximum absolute atomic E-state index is 12.2. The summed E-state index contributed by atoms with van der Waals surface area (Å²) >= 11 is 6.58. The Hall–Kier alpha value is -3.80. The Morgan fingerprint density at radius 3 is 2.20 bits per heavy atom. The van der Waals surface area contributed by atoms with Crippen molar-refractivity contribution in [3.05, 3.63) is 29.4 Å². The number of hydrogen-bond acceptors (Lipinski definition) is 9. The van der Waals surface area contributed by atoms with Crippen LogP contribution < -0.4 is 30.5 Å². The smallest absolute Gasteiger partial charge is 0.229 e. The topological polar surface area (TPSA) is 132 Å². The molecule has 3 amide bonds. The van der Waals surface area contributed by atoms with Gasteiger partial charge in [-0.3, -0.25) is 14.4 Å². The molecule has 2 aliphatic rings. The standard InChI is InChI=1S/C28H39ClN8O4/c1-18(38)35-7-9-36(10-8-35)21-5-6-23(24(14-21)41-4)33-28-32-15-22(29)27(34-28)37-16-19(12-25(39)30-2)11-20(17-37)13-26(40)31-3/h5-6,14-15,19-20H,7-13,16-17H2,1-4H3,(H,30,39)(H,31,40)(H,32,33,34)/t19-,20+. The average Bonchev–Trinajstić information content (AvgIpc) is 2.98. The van der Waals surface area contributed by atoms with Gasteiger partial charge in [-0.15, -0.1) is 0 Å². The molecule has 41 heavy (non-hydrogen) atoms. The third-order valence-electron chi connectivity index (χ3n) is 7.68. The molecule has 3 heterocycles. The number of ether oxygens (including phenoxy) is 1. The molecule has 0 unspecified atom stereocenters. The lowest BCUT2D eigenvalue weighted by Gasteiger charge is -2.38. The van der Waals surface area contributed by atoms with Crippen LogP contribution in [0.25, 0.3) is 0 Å². The minimum absolute atomic E-state index is 0.0389. The van der Waals surface area contributed by atoms with Crippen molar-refractivity contribution in [3.63, 3.8) is 0 Å².